The van der Waals surface area contributed by atoms with Crippen LogP contribution >= 0.6 is 11.8 Å². The molecule has 0 radical (unpaired) electrons. The highest BCUT2D eigenvalue weighted by Gasteiger charge is 2.20. The molecule has 3 nitrogen and oxygen atoms in total. The zero-order chi connectivity index (χ0) is 11.1. The van der Waals surface area contributed by atoms with Gasteiger partial charge in [-0.25, -0.2) is 0 Å². The summed E-state index contributed by atoms with van der Waals surface area (Å²) >= 11 is 1.19. The fourth-order valence-corrected chi connectivity index (χ4v) is 1.89. The van der Waals surface area contributed by atoms with Crippen molar-refractivity contribution in [3.63, 3.8) is 0 Å². The maximum Gasteiger partial charge on any atom is 0.309 e. The Bertz CT molecular complexity index is 202. The summed E-state index contributed by atoms with van der Waals surface area (Å²) in [7, 11) is 1.38. The number of ether oxygens (including phenoxy) is 1. The molecule has 0 aliphatic carbocycles. The SMILES string of the molecule is COC(=O)C(CSC(C)=O)CC(C)C. The molecule has 1 unspecified atom stereocenters. The molecular weight excluding hydrogens is 200 g/mol. The highest BCUT2D eigenvalue weighted by molar-refractivity contribution is 8.13. The van der Waals surface area contributed by atoms with Gasteiger partial charge in [0, 0.05) is 12.7 Å². The Balaban J connectivity index is 4.10. The van der Waals surface area contributed by atoms with Crippen LogP contribution < -0.4 is 0 Å². The predicted molar refractivity (Wildman–Crippen MR) is 58.1 cm³/mol. The van der Waals surface area contributed by atoms with Crippen LogP contribution in [0, 0.1) is 11.8 Å². The van der Waals surface area contributed by atoms with Gasteiger partial charge in [0.1, 0.15) is 0 Å². The molecule has 0 spiro atoms. The largest absolute Gasteiger partial charge is 0.469 e. The average molecular weight is 218 g/mol. The Morgan fingerprint density at radius 2 is 1.93 bits per heavy atom. The van der Waals surface area contributed by atoms with Crippen molar-refractivity contribution < 1.29 is 14.3 Å². The molecule has 0 amide bonds. The van der Waals surface area contributed by atoms with Gasteiger partial charge in [0.15, 0.2) is 5.12 Å². The van der Waals surface area contributed by atoms with Gasteiger partial charge in [-0.1, -0.05) is 25.6 Å². The lowest BCUT2D eigenvalue weighted by Crippen LogP contribution is -2.21. The lowest BCUT2D eigenvalue weighted by atomic mass is 9.99. The monoisotopic (exact) mass is 218 g/mol. The average Bonchev–Trinajstić information content (AvgIpc) is 2.10. The van der Waals surface area contributed by atoms with Crippen molar-refractivity contribution >= 4 is 22.8 Å². The van der Waals surface area contributed by atoms with Gasteiger partial charge in [0.25, 0.3) is 0 Å². The maximum atomic E-state index is 11.3. The summed E-state index contributed by atoms with van der Waals surface area (Å²) in [6.45, 7) is 5.61. The maximum absolute atomic E-state index is 11.3. The van der Waals surface area contributed by atoms with Gasteiger partial charge in [-0.15, -0.1) is 0 Å². The second-order valence-corrected chi connectivity index (χ2v) is 4.85. The lowest BCUT2D eigenvalue weighted by Gasteiger charge is -2.15. The van der Waals surface area contributed by atoms with Crippen molar-refractivity contribution in [3.05, 3.63) is 0 Å². The van der Waals surface area contributed by atoms with Crippen LogP contribution in [-0.2, 0) is 14.3 Å². The summed E-state index contributed by atoms with van der Waals surface area (Å²) in [6, 6.07) is 0. The molecule has 4 heteroatoms. The van der Waals surface area contributed by atoms with Crippen molar-refractivity contribution in [1.82, 2.24) is 0 Å². The van der Waals surface area contributed by atoms with E-state index in [1.165, 1.54) is 25.8 Å². The Morgan fingerprint density at radius 1 is 1.36 bits per heavy atom. The van der Waals surface area contributed by atoms with E-state index in [2.05, 4.69) is 4.74 Å². The number of hydrogen-bond acceptors (Lipinski definition) is 4. The third-order valence-electron chi connectivity index (χ3n) is 1.78. The van der Waals surface area contributed by atoms with Gasteiger partial charge in [0.05, 0.1) is 13.0 Å². The second kappa shape index (κ2) is 6.87. The number of esters is 1. The summed E-state index contributed by atoms with van der Waals surface area (Å²) in [5, 5.41) is 0.0441. The minimum atomic E-state index is -0.215. The van der Waals surface area contributed by atoms with Crippen LogP contribution in [0.1, 0.15) is 27.2 Å². The Labute approximate surface area is 89.6 Å². The molecule has 0 fully saturated rings. The third-order valence-corrected chi connectivity index (χ3v) is 2.75. The standard InChI is InChI=1S/C10H18O3S/c1-7(2)5-9(10(12)13-4)6-14-8(3)11/h7,9H,5-6H2,1-4H3. The molecule has 0 aromatic rings. The number of methoxy groups -OCH3 is 1. The molecule has 82 valence electrons. The van der Waals surface area contributed by atoms with Gasteiger partial charge in [0.2, 0.25) is 0 Å². The highest BCUT2D eigenvalue weighted by Crippen LogP contribution is 2.18. The van der Waals surface area contributed by atoms with Crippen LogP contribution in [0.3, 0.4) is 0 Å². The minimum absolute atomic E-state index is 0.0441. The van der Waals surface area contributed by atoms with E-state index in [9.17, 15) is 9.59 Å². The number of rotatable bonds is 5. The van der Waals surface area contributed by atoms with Crippen LogP contribution in [0.15, 0.2) is 0 Å². The predicted octanol–water partition coefficient (Wildman–Crippen LogP) is 2.10. The van der Waals surface area contributed by atoms with E-state index < -0.39 is 0 Å². The van der Waals surface area contributed by atoms with E-state index in [1.54, 1.807) is 0 Å². The first kappa shape index (κ1) is 13.5. The Kier molecular flexibility index (Phi) is 6.62. The van der Waals surface area contributed by atoms with E-state index in [0.29, 0.717) is 11.7 Å². The van der Waals surface area contributed by atoms with Gasteiger partial charge in [-0.05, 0) is 12.3 Å². The molecule has 0 N–H and O–H groups in total. The summed E-state index contributed by atoms with van der Waals surface area (Å²) in [5.41, 5.74) is 0. The molecule has 0 heterocycles. The summed E-state index contributed by atoms with van der Waals surface area (Å²) in [4.78, 5) is 22.1. The van der Waals surface area contributed by atoms with Crippen molar-refractivity contribution in [3.8, 4) is 0 Å². The molecule has 0 aromatic heterocycles. The van der Waals surface area contributed by atoms with Crippen LogP contribution in [0.4, 0.5) is 0 Å². The lowest BCUT2D eigenvalue weighted by molar-refractivity contribution is -0.145. The normalized spacial score (nSPS) is 12.6. The second-order valence-electron chi connectivity index (χ2n) is 3.65. The van der Waals surface area contributed by atoms with Gasteiger partial charge < -0.3 is 4.74 Å². The van der Waals surface area contributed by atoms with Gasteiger partial charge in [-0.3, -0.25) is 9.59 Å². The first-order valence-electron chi connectivity index (χ1n) is 4.68. The first-order chi connectivity index (χ1) is 6.47. The van der Waals surface area contributed by atoms with Gasteiger partial charge in [-0.2, -0.15) is 0 Å². The number of carbonyl (C=O) groups is 2. The smallest absolute Gasteiger partial charge is 0.309 e. The zero-order valence-corrected chi connectivity index (χ0v) is 10.0. The molecule has 0 rings (SSSR count). The fraction of sp³-hybridized carbons (Fsp3) is 0.800. The third kappa shape index (κ3) is 6.02. The van der Waals surface area contributed by atoms with Crippen LogP contribution in [0.5, 0.6) is 0 Å². The minimum Gasteiger partial charge on any atom is -0.469 e. The van der Waals surface area contributed by atoms with Crippen LogP contribution in [-0.4, -0.2) is 23.9 Å². The zero-order valence-electron chi connectivity index (χ0n) is 9.20. The van der Waals surface area contributed by atoms with E-state index in [4.69, 9.17) is 0 Å². The fourth-order valence-electron chi connectivity index (χ4n) is 1.19. The molecule has 0 saturated carbocycles. The van der Waals surface area contributed by atoms with Crippen molar-refractivity contribution in [1.29, 1.82) is 0 Å². The molecule has 0 bridgehead atoms. The Hall–Kier alpha value is -0.510. The molecule has 0 aliphatic rings. The highest BCUT2D eigenvalue weighted by atomic mass is 32.2. The van der Waals surface area contributed by atoms with Crippen LogP contribution in [0.25, 0.3) is 0 Å². The number of thioether (sulfide) groups is 1. The summed E-state index contributed by atoms with van der Waals surface area (Å²) in [6.07, 6.45) is 0.771. The van der Waals surface area contributed by atoms with Gasteiger partial charge >= 0.3 is 5.97 Å². The summed E-state index contributed by atoms with van der Waals surface area (Å²) in [5.74, 6) is 0.591. The van der Waals surface area contributed by atoms with Crippen LogP contribution in [0.2, 0.25) is 0 Å². The molecular formula is C10H18O3S. The van der Waals surface area contributed by atoms with E-state index in [-0.39, 0.29) is 17.0 Å². The van der Waals surface area contributed by atoms with E-state index in [0.717, 1.165) is 6.42 Å². The molecule has 0 saturated heterocycles. The topological polar surface area (TPSA) is 43.4 Å². The van der Waals surface area contributed by atoms with Crippen molar-refractivity contribution in [2.24, 2.45) is 11.8 Å². The quantitative estimate of drug-likeness (QED) is 0.663. The van der Waals surface area contributed by atoms with Crippen molar-refractivity contribution in [2.75, 3.05) is 12.9 Å². The first-order valence-corrected chi connectivity index (χ1v) is 5.67. The van der Waals surface area contributed by atoms with E-state index in [1.807, 2.05) is 13.8 Å². The van der Waals surface area contributed by atoms with E-state index >= 15 is 0 Å². The molecule has 0 aromatic carbocycles. The molecule has 0 aliphatic heterocycles. The molecule has 14 heavy (non-hydrogen) atoms. The summed E-state index contributed by atoms with van der Waals surface area (Å²) < 4.78 is 4.68. The number of carbonyl (C=O) groups excluding carboxylic acids is 2. The van der Waals surface area contributed by atoms with Crippen molar-refractivity contribution in [2.45, 2.75) is 27.2 Å². The Morgan fingerprint density at radius 3 is 2.29 bits per heavy atom. The number of hydrogen-bond donors (Lipinski definition) is 0. The molecule has 1 atom stereocenters.